The predicted octanol–water partition coefficient (Wildman–Crippen LogP) is 0.374. The van der Waals surface area contributed by atoms with Crippen molar-refractivity contribution in [1.29, 1.82) is 0 Å². The fourth-order valence-electron chi connectivity index (χ4n) is 1.71. The molecule has 0 amide bonds. The molecule has 0 saturated heterocycles. The summed E-state index contributed by atoms with van der Waals surface area (Å²) in [6.45, 7) is 0.379. The second-order valence-electron chi connectivity index (χ2n) is 3.33. The summed E-state index contributed by atoms with van der Waals surface area (Å²) in [5.74, 6) is 1.57. The van der Waals surface area contributed by atoms with E-state index in [-0.39, 0.29) is 0 Å². The monoisotopic (exact) mass is 214 g/mol. The number of fused-ring (bicyclic) bond motifs is 1. The van der Waals surface area contributed by atoms with Crippen LogP contribution in [-0.2, 0) is 6.54 Å². The third-order valence-corrected chi connectivity index (χ3v) is 2.43. The maximum Gasteiger partial charge on any atom is 0.164 e. The zero-order valence-electron chi connectivity index (χ0n) is 8.48. The molecule has 0 fully saturated rings. The summed E-state index contributed by atoms with van der Waals surface area (Å²) in [4.78, 5) is 8.51. The number of imidazole rings is 1. The SMILES string of the molecule is NCc1nccn1-c1nccn2nccc12. The van der Waals surface area contributed by atoms with E-state index >= 15 is 0 Å². The van der Waals surface area contributed by atoms with Crippen molar-refractivity contribution in [3.63, 3.8) is 0 Å². The third kappa shape index (κ3) is 1.20. The zero-order chi connectivity index (χ0) is 11.0. The van der Waals surface area contributed by atoms with Crippen molar-refractivity contribution in [3.8, 4) is 5.82 Å². The van der Waals surface area contributed by atoms with Gasteiger partial charge in [0, 0.05) is 24.8 Å². The number of aromatic nitrogens is 5. The van der Waals surface area contributed by atoms with Crippen LogP contribution >= 0.6 is 0 Å². The van der Waals surface area contributed by atoms with Crippen LogP contribution in [0.15, 0.2) is 37.1 Å². The number of hydrogen-bond donors (Lipinski definition) is 1. The van der Waals surface area contributed by atoms with Crippen LogP contribution in [0.2, 0.25) is 0 Å². The average Bonchev–Trinajstić information content (AvgIpc) is 2.96. The van der Waals surface area contributed by atoms with Crippen molar-refractivity contribution in [2.24, 2.45) is 5.73 Å². The van der Waals surface area contributed by atoms with Crippen LogP contribution in [0.1, 0.15) is 5.82 Å². The molecule has 2 N–H and O–H groups in total. The molecular weight excluding hydrogens is 204 g/mol. The van der Waals surface area contributed by atoms with Crippen molar-refractivity contribution in [2.75, 3.05) is 0 Å². The van der Waals surface area contributed by atoms with E-state index in [4.69, 9.17) is 5.73 Å². The van der Waals surface area contributed by atoms with Crippen molar-refractivity contribution >= 4 is 5.52 Å². The fraction of sp³-hybridized carbons (Fsp3) is 0.100. The van der Waals surface area contributed by atoms with E-state index in [1.54, 1.807) is 29.3 Å². The predicted molar refractivity (Wildman–Crippen MR) is 58.0 cm³/mol. The highest BCUT2D eigenvalue weighted by Crippen LogP contribution is 2.13. The van der Waals surface area contributed by atoms with Crippen molar-refractivity contribution in [1.82, 2.24) is 24.1 Å². The van der Waals surface area contributed by atoms with Gasteiger partial charge in [-0.25, -0.2) is 14.5 Å². The Labute approximate surface area is 91.4 Å². The first-order chi connectivity index (χ1) is 7.90. The second kappa shape index (κ2) is 3.42. The molecule has 3 heterocycles. The molecule has 0 spiro atoms. The fourth-order valence-corrected chi connectivity index (χ4v) is 1.71. The molecule has 0 aliphatic carbocycles. The number of nitrogens with two attached hydrogens (primary N) is 1. The molecule has 3 rings (SSSR count). The topological polar surface area (TPSA) is 74.0 Å². The molecule has 0 bridgehead atoms. The number of rotatable bonds is 2. The van der Waals surface area contributed by atoms with Gasteiger partial charge in [0.1, 0.15) is 11.3 Å². The van der Waals surface area contributed by atoms with Crippen molar-refractivity contribution < 1.29 is 0 Å². The van der Waals surface area contributed by atoms with Crippen LogP contribution in [0.5, 0.6) is 0 Å². The molecule has 0 aromatic carbocycles. The molecule has 3 aromatic heterocycles. The van der Waals surface area contributed by atoms with Gasteiger partial charge in [-0.2, -0.15) is 5.10 Å². The smallest absolute Gasteiger partial charge is 0.164 e. The quantitative estimate of drug-likeness (QED) is 0.669. The molecule has 6 heteroatoms. The molecule has 80 valence electrons. The molecule has 0 aliphatic rings. The van der Waals surface area contributed by atoms with Gasteiger partial charge in [-0.05, 0) is 6.07 Å². The second-order valence-corrected chi connectivity index (χ2v) is 3.33. The van der Waals surface area contributed by atoms with Gasteiger partial charge >= 0.3 is 0 Å². The lowest BCUT2D eigenvalue weighted by Crippen LogP contribution is -2.08. The van der Waals surface area contributed by atoms with Gasteiger partial charge in [0.25, 0.3) is 0 Å². The van der Waals surface area contributed by atoms with E-state index in [9.17, 15) is 0 Å². The Hall–Kier alpha value is -2.21. The van der Waals surface area contributed by atoms with Crippen LogP contribution in [0, 0.1) is 0 Å². The highest BCUT2D eigenvalue weighted by molar-refractivity contribution is 5.59. The summed E-state index contributed by atoms with van der Waals surface area (Å²) in [6, 6.07) is 1.91. The van der Waals surface area contributed by atoms with Crippen molar-refractivity contribution in [2.45, 2.75) is 6.54 Å². The van der Waals surface area contributed by atoms with E-state index in [1.807, 2.05) is 16.8 Å². The van der Waals surface area contributed by atoms with Crippen molar-refractivity contribution in [3.05, 3.63) is 42.9 Å². The first-order valence-corrected chi connectivity index (χ1v) is 4.91. The number of hydrogen-bond acceptors (Lipinski definition) is 4. The molecule has 16 heavy (non-hydrogen) atoms. The molecule has 0 atom stereocenters. The standard InChI is InChI=1S/C10H10N6/c11-7-9-12-3-5-15(9)10-8-1-2-14-16(8)6-4-13-10/h1-6H,7,11H2. The van der Waals surface area contributed by atoms with Crippen LogP contribution in [0.3, 0.4) is 0 Å². The minimum Gasteiger partial charge on any atom is -0.324 e. The Bertz CT molecular complexity index is 623. The minimum atomic E-state index is 0.379. The lowest BCUT2D eigenvalue weighted by Gasteiger charge is -2.06. The zero-order valence-corrected chi connectivity index (χ0v) is 8.48. The maximum atomic E-state index is 5.62. The maximum absolute atomic E-state index is 5.62. The Morgan fingerprint density at radius 1 is 1.12 bits per heavy atom. The lowest BCUT2D eigenvalue weighted by atomic mass is 10.4. The molecule has 6 nitrogen and oxygen atoms in total. The Balaban J connectivity index is 2.29. The van der Waals surface area contributed by atoms with Gasteiger partial charge in [-0.1, -0.05) is 0 Å². The molecular formula is C10H10N6. The first-order valence-electron chi connectivity index (χ1n) is 4.91. The summed E-state index contributed by atoms with van der Waals surface area (Å²) >= 11 is 0. The Morgan fingerprint density at radius 3 is 2.88 bits per heavy atom. The van der Waals surface area contributed by atoms with E-state index in [0.717, 1.165) is 17.2 Å². The van der Waals surface area contributed by atoms with Gasteiger partial charge in [-0.3, -0.25) is 4.57 Å². The third-order valence-electron chi connectivity index (χ3n) is 2.43. The van der Waals surface area contributed by atoms with Crippen LogP contribution in [-0.4, -0.2) is 24.1 Å². The van der Waals surface area contributed by atoms with E-state index in [1.165, 1.54) is 0 Å². The van der Waals surface area contributed by atoms with Gasteiger partial charge in [0.05, 0.1) is 12.7 Å². The summed E-state index contributed by atoms with van der Waals surface area (Å²) in [7, 11) is 0. The van der Waals surface area contributed by atoms with Gasteiger partial charge in [0.2, 0.25) is 0 Å². The molecule has 0 unspecified atom stereocenters. The van der Waals surface area contributed by atoms with Gasteiger partial charge in [0.15, 0.2) is 5.82 Å². The largest absolute Gasteiger partial charge is 0.324 e. The number of nitrogens with zero attached hydrogens (tertiary/aromatic N) is 5. The van der Waals surface area contributed by atoms with Crippen LogP contribution in [0.25, 0.3) is 11.3 Å². The highest BCUT2D eigenvalue weighted by Gasteiger charge is 2.08. The summed E-state index contributed by atoms with van der Waals surface area (Å²) < 4.78 is 3.64. The highest BCUT2D eigenvalue weighted by atomic mass is 15.2. The molecule has 0 saturated carbocycles. The lowest BCUT2D eigenvalue weighted by molar-refractivity contribution is 0.838. The Kier molecular flexibility index (Phi) is 1.94. The van der Waals surface area contributed by atoms with E-state index < -0.39 is 0 Å². The normalized spacial score (nSPS) is 11.1. The molecule has 3 aromatic rings. The van der Waals surface area contributed by atoms with Crippen LogP contribution in [0.4, 0.5) is 0 Å². The first kappa shape index (κ1) is 9.05. The molecule has 0 aliphatic heterocycles. The van der Waals surface area contributed by atoms with Crippen LogP contribution < -0.4 is 5.73 Å². The summed E-state index contributed by atoms with van der Waals surface area (Å²) in [5, 5.41) is 4.16. The minimum absolute atomic E-state index is 0.379. The summed E-state index contributed by atoms with van der Waals surface area (Å²) in [6.07, 6.45) is 8.80. The Morgan fingerprint density at radius 2 is 2.00 bits per heavy atom. The molecule has 0 radical (unpaired) electrons. The average molecular weight is 214 g/mol. The summed E-state index contributed by atoms with van der Waals surface area (Å²) in [5.41, 5.74) is 6.54. The van der Waals surface area contributed by atoms with E-state index in [2.05, 4.69) is 15.1 Å². The van der Waals surface area contributed by atoms with Gasteiger partial charge < -0.3 is 5.73 Å². The van der Waals surface area contributed by atoms with E-state index in [0.29, 0.717) is 6.54 Å². The van der Waals surface area contributed by atoms with Gasteiger partial charge in [-0.15, -0.1) is 0 Å².